The first-order chi connectivity index (χ1) is 10.7. The van der Waals surface area contributed by atoms with Gasteiger partial charge in [-0.25, -0.2) is 4.98 Å². The molecule has 2 aromatic heterocycles. The molecule has 0 aliphatic heterocycles. The first-order valence-electron chi connectivity index (χ1n) is 7.13. The van der Waals surface area contributed by atoms with E-state index in [1.54, 1.807) is 18.3 Å². The summed E-state index contributed by atoms with van der Waals surface area (Å²) in [4.78, 5) is 17.4. The topological polar surface area (TPSA) is 42.0 Å². The molecule has 1 N–H and O–H groups in total. The maximum absolute atomic E-state index is 12.6. The van der Waals surface area contributed by atoms with E-state index in [0.29, 0.717) is 10.8 Å². The number of anilines is 1. The van der Waals surface area contributed by atoms with E-state index in [9.17, 15) is 4.79 Å². The predicted octanol–water partition coefficient (Wildman–Crippen LogP) is 5.15. The number of thiophene rings is 1. The number of hydrogen-bond acceptors (Lipinski definition) is 3. The summed E-state index contributed by atoms with van der Waals surface area (Å²) in [5.74, 6) is -0.125. The maximum atomic E-state index is 12.6. The number of aryl methyl sites for hydroxylation is 1. The average Bonchev–Trinajstić information content (AvgIpc) is 2.89. The second-order valence-corrected chi connectivity index (χ2v) is 6.36. The summed E-state index contributed by atoms with van der Waals surface area (Å²) in [5, 5.41) is 4.33. The Hall–Kier alpha value is -1.91. The summed E-state index contributed by atoms with van der Waals surface area (Å²) in [6.45, 7) is 2.12. The number of pyridine rings is 1. The van der Waals surface area contributed by atoms with Crippen molar-refractivity contribution in [2.45, 2.75) is 19.8 Å². The van der Waals surface area contributed by atoms with Gasteiger partial charge in [0.1, 0.15) is 0 Å². The van der Waals surface area contributed by atoms with E-state index < -0.39 is 0 Å². The van der Waals surface area contributed by atoms with E-state index in [4.69, 9.17) is 11.6 Å². The fraction of sp³-hybridized carbons (Fsp3) is 0.176. The van der Waals surface area contributed by atoms with Gasteiger partial charge in [-0.15, -0.1) is 11.3 Å². The lowest BCUT2D eigenvalue weighted by atomic mass is 10.1. The van der Waals surface area contributed by atoms with Gasteiger partial charge in [-0.3, -0.25) is 4.79 Å². The molecule has 22 heavy (non-hydrogen) atoms. The molecule has 0 aliphatic rings. The minimum absolute atomic E-state index is 0.125. The van der Waals surface area contributed by atoms with Crippen molar-refractivity contribution in [3.63, 3.8) is 0 Å². The highest BCUT2D eigenvalue weighted by atomic mass is 35.5. The number of fused-ring (bicyclic) bond motifs is 1. The molecule has 1 amide bonds. The molecule has 0 spiro atoms. The van der Waals surface area contributed by atoms with Crippen molar-refractivity contribution in [3.05, 3.63) is 58.2 Å². The summed E-state index contributed by atoms with van der Waals surface area (Å²) in [6.07, 6.45) is 3.47. The zero-order chi connectivity index (χ0) is 15.5. The van der Waals surface area contributed by atoms with E-state index in [0.717, 1.165) is 33.4 Å². The van der Waals surface area contributed by atoms with Crippen molar-refractivity contribution >= 4 is 44.6 Å². The summed E-state index contributed by atoms with van der Waals surface area (Å²) in [7, 11) is 0. The van der Waals surface area contributed by atoms with E-state index in [-0.39, 0.29) is 5.91 Å². The normalized spacial score (nSPS) is 10.8. The molecule has 0 aliphatic carbocycles. The summed E-state index contributed by atoms with van der Waals surface area (Å²) < 4.78 is 1.13. The average molecular weight is 331 g/mol. The molecule has 3 aromatic rings. The highest BCUT2D eigenvalue weighted by Gasteiger charge is 2.18. The summed E-state index contributed by atoms with van der Waals surface area (Å²) in [6, 6.07) is 11.6. The van der Waals surface area contributed by atoms with Gasteiger partial charge < -0.3 is 5.32 Å². The third kappa shape index (κ3) is 2.85. The number of hydrogen-bond donors (Lipinski definition) is 1. The Balaban J connectivity index is 2.00. The van der Waals surface area contributed by atoms with Crippen LogP contribution in [0.25, 0.3) is 10.1 Å². The SMILES string of the molecule is CCCc1c(C(=O)Nc2cccnc2Cl)sc2ccccc12. The van der Waals surface area contributed by atoms with Crippen LogP contribution in [0.1, 0.15) is 28.6 Å². The number of rotatable bonds is 4. The van der Waals surface area contributed by atoms with Crippen LogP contribution in [-0.2, 0) is 6.42 Å². The molecule has 0 fully saturated rings. The summed E-state index contributed by atoms with van der Waals surface area (Å²) in [5.41, 5.74) is 1.65. The van der Waals surface area contributed by atoms with Gasteiger partial charge in [-0.1, -0.05) is 43.1 Å². The molecule has 112 valence electrons. The standard InChI is InChI=1S/C17H15ClN2OS/c1-2-6-12-11-7-3-4-9-14(11)22-15(12)17(21)20-13-8-5-10-19-16(13)18/h3-5,7-10H,2,6H2,1H3,(H,20,21). The maximum Gasteiger partial charge on any atom is 0.266 e. The molecule has 0 atom stereocenters. The largest absolute Gasteiger partial charge is 0.319 e. The van der Waals surface area contributed by atoms with Crippen molar-refractivity contribution in [1.82, 2.24) is 4.98 Å². The smallest absolute Gasteiger partial charge is 0.266 e. The van der Waals surface area contributed by atoms with E-state index in [1.165, 1.54) is 11.3 Å². The molecule has 5 heteroatoms. The van der Waals surface area contributed by atoms with Crippen molar-refractivity contribution in [2.75, 3.05) is 5.32 Å². The van der Waals surface area contributed by atoms with Gasteiger partial charge in [0.15, 0.2) is 5.15 Å². The first kappa shape index (κ1) is 15.0. The molecule has 3 nitrogen and oxygen atoms in total. The number of halogens is 1. The predicted molar refractivity (Wildman–Crippen MR) is 93.0 cm³/mol. The third-order valence-electron chi connectivity index (χ3n) is 3.41. The Bertz CT molecular complexity index is 828. The highest BCUT2D eigenvalue weighted by molar-refractivity contribution is 7.21. The van der Waals surface area contributed by atoms with Crippen LogP contribution in [-0.4, -0.2) is 10.9 Å². The molecule has 0 unspecified atom stereocenters. The number of nitrogens with zero attached hydrogens (tertiary/aromatic N) is 1. The van der Waals surface area contributed by atoms with Crippen LogP contribution in [0.4, 0.5) is 5.69 Å². The van der Waals surface area contributed by atoms with Crippen LogP contribution >= 0.6 is 22.9 Å². The van der Waals surface area contributed by atoms with Crippen molar-refractivity contribution in [3.8, 4) is 0 Å². The lowest BCUT2D eigenvalue weighted by Crippen LogP contribution is -2.12. The van der Waals surface area contributed by atoms with E-state index in [2.05, 4.69) is 23.3 Å². The van der Waals surface area contributed by atoms with Crippen LogP contribution in [0, 0.1) is 0 Å². The number of benzene rings is 1. The number of nitrogens with one attached hydrogen (secondary N) is 1. The van der Waals surface area contributed by atoms with Crippen molar-refractivity contribution < 1.29 is 4.79 Å². The van der Waals surface area contributed by atoms with Gasteiger partial charge in [-0.2, -0.15) is 0 Å². The molecule has 1 aromatic carbocycles. The zero-order valence-corrected chi connectivity index (χ0v) is 13.7. The van der Waals surface area contributed by atoms with Gasteiger partial charge in [0.25, 0.3) is 5.91 Å². The van der Waals surface area contributed by atoms with Gasteiger partial charge >= 0.3 is 0 Å². The molecule has 0 saturated carbocycles. The second-order valence-electron chi connectivity index (χ2n) is 4.95. The Morgan fingerprint density at radius 2 is 2.09 bits per heavy atom. The molecular weight excluding hydrogens is 316 g/mol. The van der Waals surface area contributed by atoms with Crippen LogP contribution in [0.15, 0.2) is 42.6 Å². The third-order valence-corrected chi connectivity index (χ3v) is 4.92. The Labute approximate surface area is 138 Å². The zero-order valence-electron chi connectivity index (χ0n) is 12.1. The fourth-order valence-electron chi connectivity index (χ4n) is 2.44. The number of amides is 1. The Morgan fingerprint density at radius 1 is 1.27 bits per heavy atom. The van der Waals surface area contributed by atoms with E-state index >= 15 is 0 Å². The lowest BCUT2D eigenvalue weighted by Gasteiger charge is -2.07. The molecule has 3 rings (SSSR count). The van der Waals surface area contributed by atoms with Crippen LogP contribution in [0.5, 0.6) is 0 Å². The molecule has 0 saturated heterocycles. The molecule has 0 radical (unpaired) electrons. The molecule has 0 bridgehead atoms. The second kappa shape index (κ2) is 6.46. The summed E-state index contributed by atoms with van der Waals surface area (Å²) >= 11 is 7.53. The highest BCUT2D eigenvalue weighted by Crippen LogP contribution is 2.33. The van der Waals surface area contributed by atoms with Crippen molar-refractivity contribution in [1.29, 1.82) is 0 Å². The fourth-order valence-corrected chi connectivity index (χ4v) is 3.75. The minimum Gasteiger partial charge on any atom is -0.319 e. The monoisotopic (exact) mass is 330 g/mol. The quantitative estimate of drug-likeness (QED) is 0.672. The van der Waals surface area contributed by atoms with Crippen molar-refractivity contribution in [2.24, 2.45) is 0 Å². The lowest BCUT2D eigenvalue weighted by molar-refractivity contribution is 0.103. The van der Waals surface area contributed by atoms with Gasteiger partial charge in [-0.05, 0) is 35.6 Å². The Kier molecular flexibility index (Phi) is 4.41. The number of aromatic nitrogens is 1. The van der Waals surface area contributed by atoms with Gasteiger partial charge in [0.2, 0.25) is 0 Å². The van der Waals surface area contributed by atoms with Crippen LogP contribution < -0.4 is 5.32 Å². The number of carbonyl (C=O) groups excluding carboxylic acids is 1. The van der Waals surface area contributed by atoms with Crippen LogP contribution in [0.3, 0.4) is 0 Å². The van der Waals surface area contributed by atoms with Crippen LogP contribution in [0.2, 0.25) is 5.15 Å². The minimum atomic E-state index is -0.125. The number of carbonyl (C=O) groups is 1. The first-order valence-corrected chi connectivity index (χ1v) is 8.32. The molecule has 2 heterocycles. The van der Waals surface area contributed by atoms with Gasteiger partial charge in [0.05, 0.1) is 10.6 Å². The van der Waals surface area contributed by atoms with Gasteiger partial charge in [0, 0.05) is 10.9 Å². The van der Waals surface area contributed by atoms with E-state index in [1.807, 2.05) is 18.2 Å². The Morgan fingerprint density at radius 3 is 2.86 bits per heavy atom. The molecular formula is C17H15ClN2OS.